The maximum Gasteiger partial charge on any atom is 0.0134 e. The normalized spacial score (nSPS) is 51.6. The Kier molecular flexibility index (Phi) is 9.66. The van der Waals surface area contributed by atoms with E-state index in [1.165, 1.54) is 89.9 Å². The lowest BCUT2D eigenvalue weighted by Gasteiger charge is -2.48. The van der Waals surface area contributed by atoms with Crippen molar-refractivity contribution in [3.05, 3.63) is 0 Å². The van der Waals surface area contributed by atoms with Crippen molar-refractivity contribution < 1.29 is 0 Å². The Hall–Kier alpha value is -0.120. The van der Waals surface area contributed by atoms with Crippen LogP contribution in [0.2, 0.25) is 0 Å². The summed E-state index contributed by atoms with van der Waals surface area (Å²) in [5.74, 6) is 8.46. The van der Waals surface area contributed by atoms with Crippen molar-refractivity contribution in [1.29, 1.82) is 0 Å². The summed E-state index contributed by atoms with van der Waals surface area (Å²) in [7, 11) is 0. The van der Waals surface area contributed by atoms with Gasteiger partial charge in [-0.25, -0.2) is 0 Å². The van der Waals surface area contributed by atoms with Gasteiger partial charge in [-0.2, -0.15) is 0 Å². The van der Waals surface area contributed by atoms with E-state index in [0.29, 0.717) is 0 Å². The third-order valence-corrected chi connectivity index (χ3v) is 20.0. The molecule has 11 aliphatic rings. The molecule has 11 rings (SSSR count). The Morgan fingerprint density at radius 3 is 1.00 bits per heavy atom. The Morgan fingerprint density at radius 1 is 0.216 bits per heavy atom. The van der Waals surface area contributed by atoms with Crippen LogP contribution in [0.15, 0.2) is 0 Å². The second-order valence-corrected chi connectivity index (χ2v) is 21.8. The van der Waals surface area contributed by atoms with Gasteiger partial charge in [0, 0.05) is 54.4 Å². The van der Waals surface area contributed by atoms with E-state index < -0.39 is 0 Å². The molecule has 15 atom stereocenters. The Labute approximate surface area is 314 Å². The number of likely N-dealkylation sites (tertiary alicyclic amines) is 3. The van der Waals surface area contributed by atoms with Crippen molar-refractivity contribution in [3.8, 4) is 0 Å². The first-order valence-electron chi connectivity index (χ1n) is 24.6. The SMILES string of the molecule is C1CCC(N2C3CCCCC3C3CC(C4CCC5C(C4)C4CCCCC4N5C4CCC5C(C4)C4CCCCC4N5C4CCCCC4)CCC32)CC1. The van der Waals surface area contributed by atoms with Gasteiger partial charge in [0.05, 0.1) is 0 Å². The monoisotopic (exact) mass is 698 g/mol. The van der Waals surface area contributed by atoms with Crippen LogP contribution in [-0.2, 0) is 0 Å². The topological polar surface area (TPSA) is 9.72 Å². The van der Waals surface area contributed by atoms with Gasteiger partial charge in [-0.3, -0.25) is 14.7 Å². The molecule has 0 aromatic carbocycles. The van der Waals surface area contributed by atoms with E-state index in [1.807, 2.05) is 0 Å². The largest absolute Gasteiger partial charge is 0.294 e. The van der Waals surface area contributed by atoms with E-state index in [0.717, 1.165) is 102 Å². The zero-order valence-corrected chi connectivity index (χ0v) is 33.1. The van der Waals surface area contributed by atoms with Gasteiger partial charge in [0.1, 0.15) is 0 Å². The fraction of sp³-hybridized carbons (Fsp3) is 1.00. The van der Waals surface area contributed by atoms with Crippen molar-refractivity contribution in [2.24, 2.45) is 47.3 Å². The molecule has 51 heavy (non-hydrogen) atoms. The predicted octanol–water partition coefficient (Wildman–Crippen LogP) is 11.4. The van der Waals surface area contributed by atoms with Gasteiger partial charge < -0.3 is 0 Å². The average Bonchev–Trinajstić information content (AvgIpc) is 3.83. The zero-order chi connectivity index (χ0) is 33.5. The van der Waals surface area contributed by atoms with Gasteiger partial charge in [0.2, 0.25) is 0 Å². The summed E-state index contributed by atoms with van der Waals surface area (Å²) < 4.78 is 0. The van der Waals surface area contributed by atoms with E-state index in [1.54, 1.807) is 109 Å². The van der Waals surface area contributed by atoms with Crippen LogP contribution in [0.3, 0.4) is 0 Å². The summed E-state index contributed by atoms with van der Waals surface area (Å²) in [6.07, 6.45) is 48.1. The number of rotatable bonds is 4. The molecule has 286 valence electrons. The standard InChI is InChI=1S/C48H79N3/c1-3-13-34(14-4-1)49-43-20-10-7-17-37(43)40-29-32(23-26-46(40)49)33-24-27-47-41(30-33)38-18-8-12-22-45(38)51(47)36-25-28-48-42(31-36)39-19-9-11-21-44(39)50(48)35-15-5-2-6-16-35/h32-48H,1-31H2. The van der Waals surface area contributed by atoms with Gasteiger partial charge in [0.15, 0.2) is 0 Å². The maximum absolute atomic E-state index is 3.39. The summed E-state index contributed by atoms with van der Waals surface area (Å²) in [6, 6.07) is 8.63. The first kappa shape index (κ1) is 34.2. The molecule has 3 heteroatoms. The van der Waals surface area contributed by atoms with Gasteiger partial charge in [0.25, 0.3) is 0 Å². The van der Waals surface area contributed by atoms with E-state index in [4.69, 9.17) is 0 Å². The summed E-state index contributed by atoms with van der Waals surface area (Å²) in [6.45, 7) is 0. The zero-order valence-electron chi connectivity index (χ0n) is 33.1. The molecule has 0 amide bonds. The van der Waals surface area contributed by atoms with Gasteiger partial charge >= 0.3 is 0 Å². The molecule has 3 heterocycles. The van der Waals surface area contributed by atoms with Crippen LogP contribution in [0.5, 0.6) is 0 Å². The Balaban J connectivity index is 0.795. The Bertz CT molecular complexity index is 1190. The van der Waals surface area contributed by atoms with Crippen LogP contribution in [0.1, 0.15) is 199 Å². The second kappa shape index (κ2) is 14.4. The molecule has 0 N–H and O–H groups in total. The van der Waals surface area contributed by atoms with Crippen molar-refractivity contribution in [2.75, 3.05) is 0 Å². The van der Waals surface area contributed by atoms with Crippen LogP contribution in [0, 0.1) is 47.3 Å². The van der Waals surface area contributed by atoms with Gasteiger partial charge in [-0.1, -0.05) is 77.0 Å². The van der Waals surface area contributed by atoms with E-state index in [-0.39, 0.29) is 0 Å². The van der Waals surface area contributed by atoms with Crippen LogP contribution in [-0.4, -0.2) is 69.1 Å². The molecular formula is C48H79N3. The number of hydrogen-bond acceptors (Lipinski definition) is 3. The quantitative estimate of drug-likeness (QED) is 0.290. The minimum atomic E-state index is 0.931. The summed E-state index contributed by atoms with van der Waals surface area (Å²) >= 11 is 0. The van der Waals surface area contributed by atoms with Gasteiger partial charge in [-0.15, -0.1) is 0 Å². The first-order chi connectivity index (χ1) is 25.3. The maximum atomic E-state index is 3.39. The highest BCUT2D eigenvalue weighted by Crippen LogP contribution is 2.59. The minimum Gasteiger partial charge on any atom is -0.294 e. The fourth-order valence-electron chi connectivity index (χ4n) is 18.4. The molecule has 0 spiro atoms. The van der Waals surface area contributed by atoms with E-state index >= 15 is 0 Å². The molecule has 0 radical (unpaired) electrons. The molecule has 11 fully saturated rings. The third-order valence-electron chi connectivity index (χ3n) is 20.0. The lowest BCUT2D eigenvalue weighted by atomic mass is 9.62. The summed E-state index contributed by atoms with van der Waals surface area (Å²) in [5.41, 5.74) is 0. The average molecular weight is 698 g/mol. The first-order valence-corrected chi connectivity index (χ1v) is 24.6. The highest BCUT2D eigenvalue weighted by atomic mass is 15.3. The molecule has 3 saturated heterocycles. The summed E-state index contributed by atoms with van der Waals surface area (Å²) in [4.78, 5) is 9.93. The van der Waals surface area contributed by atoms with E-state index in [2.05, 4.69) is 14.7 Å². The number of hydrogen-bond donors (Lipinski definition) is 0. The van der Waals surface area contributed by atoms with Crippen LogP contribution in [0.25, 0.3) is 0 Å². The third kappa shape index (κ3) is 5.84. The number of fused-ring (bicyclic) bond motifs is 9. The summed E-state index contributed by atoms with van der Waals surface area (Å²) in [5, 5.41) is 0. The lowest BCUT2D eigenvalue weighted by Crippen LogP contribution is -2.53. The lowest BCUT2D eigenvalue weighted by molar-refractivity contribution is 0.0104. The van der Waals surface area contributed by atoms with Crippen LogP contribution >= 0.6 is 0 Å². The fourth-order valence-corrected chi connectivity index (χ4v) is 18.4. The smallest absolute Gasteiger partial charge is 0.0134 e. The van der Waals surface area contributed by atoms with Gasteiger partial charge in [-0.05, 0) is 169 Å². The molecule has 15 unspecified atom stereocenters. The predicted molar refractivity (Wildman–Crippen MR) is 211 cm³/mol. The molecule has 0 bridgehead atoms. The Morgan fingerprint density at radius 2 is 0.549 bits per heavy atom. The highest BCUT2D eigenvalue weighted by molar-refractivity contribution is 5.12. The molecule has 8 aliphatic carbocycles. The van der Waals surface area contributed by atoms with Crippen LogP contribution < -0.4 is 0 Å². The van der Waals surface area contributed by atoms with Crippen molar-refractivity contribution in [3.63, 3.8) is 0 Å². The second-order valence-electron chi connectivity index (χ2n) is 21.8. The van der Waals surface area contributed by atoms with Crippen molar-refractivity contribution in [1.82, 2.24) is 14.7 Å². The molecule has 8 saturated carbocycles. The van der Waals surface area contributed by atoms with E-state index in [9.17, 15) is 0 Å². The van der Waals surface area contributed by atoms with Crippen LogP contribution in [0.4, 0.5) is 0 Å². The molecule has 3 aliphatic heterocycles. The molecule has 0 aromatic heterocycles. The molecule has 0 aromatic rings. The highest BCUT2D eigenvalue weighted by Gasteiger charge is 2.59. The number of nitrogens with zero attached hydrogens (tertiary/aromatic N) is 3. The van der Waals surface area contributed by atoms with Crippen molar-refractivity contribution in [2.45, 2.75) is 253 Å². The molecule has 3 nitrogen and oxygen atoms in total. The minimum absolute atomic E-state index is 0.931. The molecular weight excluding hydrogens is 619 g/mol. The van der Waals surface area contributed by atoms with Crippen molar-refractivity contribution >= 4 is 0 Å².